The Labute approximate surface area is 106 Å². The number of hydrogen-bond acceptors (Lipinski definition) is 4. The molecule has 0 radical (unpaired) electrons. The maximum absolute atomic E-state index is 13.2. The van der Waals surface area contributed by atoms with Gasteiger partial charge in [0.25, 0.3) is 0 Å². The van der Waals surface area contributed by atoms with Crippen LogP contribution in [-0.2, 0) is 4.79 Å². The zero-order chi connectivity index (χ0) is 13.1. The molecule has 18 heavy (non-hydrogen) atoms. The monoisotopic (exact) mass is 268 g/mol. The van der Waals surface area contributed by atoms with Crippen LogP contribution in [0.15, 0.2) is 28.7 Å². The van der Waals surface area contributed by atoms with Gasteiger partial charge in [-0.2, -0.15) is 0 Å². The van der Waals surface area contributed by atoms with E-state index in [2.05, 4.69) is 10.2 Å². The molecule has 5 nitrogen and oxygen atoms in total. The highest BCUT2D eigenvalue weighted by atomic mass is 35.5. The number of aromatic nitrogens is 2. The van der Waals surface area contributed by atoms with Gasteiger partial charge in [0, 0.05) is 12.2 Å². The van der Waals surface area contributed by atoms with Crippen LogP contribution >= 0.6 is 11.6 Å². The van der Waals surface area contributed by atoms with E-state index in [1.54, 1.807) is 0 Å². The van der Waals surface area contributed by atoms with Gasteiger partial charge >= 0.3 is 5.97 Å². The lowest BCUT2D eigenvalue weighted by Crippen LogP contribution is -1.85. The molecule has 2 rings (SSSR count). The maximum Gasteiger partial charge on any atom is 0.328 e. The molecule has 0 saturated heterocycles. The van der Waals surface area contributed by atoms with Crippen LogP contribution in [0.5, 0.6) is 0 Å². The van der Waals surface area contributed by atoms with Crippen LogP contribution in [0, 0.1) is 5.82 Å². The van der Waals surface area contributed by atoms with Gasteiger partial charge in [-0.05, 0) is 12.1 Å². The molecule has 0 unspecified atom stereocenters. The van der Waals surface area contributed by atoms with E-state index in [9.17, 15) is 9.18 Å². The van der Waals surface area contributed by atoms with Crippen LogP contribution in [0.2, 0.25) is 5.02 Å². The maximum atomic E-state index is 13.2. The average molecular weight is 269 g/mol. The summed E-state index contributed by atoms with van der Waals surface area (Å²) in [7, 11) is 0. The molecule has 0 aliphatic carbocycles. The number of halogens is 2. The molecule has 1 N–H and O–H groups in total. The highest BCUT2D eigenvalue weighted by Crippen LogP contribution is 2.28. The predicted molar refractivity (Wildman–Crippen MR) is 61.4 cm³/mol. The summed E-state index contributed by atoms with van der Waals surface area (Å²) < 4.78 is 18.3. The van der Waals surface area contributed by atoms with Crippen molar-refractivity contribution in [1.82, 2.24) is 10.2 Å². The van der Waals surface area contributed by atoms with Gasteiger partial charge in [-0.1, -0.05) is 17.7 Å². The smallest absolute Gasteiger partial charge is 0.328 e. The van der Waals surface area contributed by atoms with Crippen molar-refractivity contribution in [3.63, 3.8) is 0 Å². The van der Waals surface area contributed by atoms with Crippen molar-refractivity contribution in [1.29, 1.82) is 0 Å². The van der Waals surface area contributed by atoms with Gasteiger partial charge in [0.2, 0.25) is 11.8 Å². The Kier molecular flexibility index (Phi) is 3.38. The van der Waals surface area contributed by atoms with Gasteiger partial charge in [0.1, 0.15) is 5.82 Å². The summed E-state index contributed by atoms with van der Waals surface area (Å²) in [6.45, 7) is 0. The fraction of sp³-hybridized carbons (Fsp3) is 0. The van der Waals surface area contributed by atoms with E-state index >= 15 is 0 Å². The van der Waals surface area contributed by atoms with Gasteiger partial charge in [0.15, 0.2) is 0 Å². The molecule has 1 aromatic heterocycles. The molecule has 1 heterocycles. The molecular formula is C11H6ClFN2O3. The highest BCUT2D eigenvalue weighted by Gasteiger charge is 2.13. The van der Waals surface area contributed by atoms with E-state index in [0.717, 1.165) is 12.2 Å². The molecule has 2 aromatic rings. The summed E-state index contributed by atoms with van der Waals surface area (Å²) >= 11 is 5.75. The summed E-state index contributed by atoms with van der Waals surface area (Å²) in [6, 6.07) is 4.17. The first-order valence-corrected chi connectivity index (χ1v) is 5.14. The van der Waals surface area contributed by atoms with Crippen LogP contribution < -0.4 is 0 Å². The highest BCUT2D eigenvalue weighted by molar-refractivity contribution is 6.33. The van der Waals surface area contributed by atoms with Crippen LogP contribution in [0.3, 0.4) is 0 Å². The first kappa shape index (κ1) is 12.3. The molecule has 0 aliphatic rings. The number of carboxylic acid groups (broad SMARTS) is 1. The lowest BCUT2D eigenvalue weighted by molar-refractivity contribution is -0.131. The second kappa shape index (κ2) is 4.97. The lowest BCUT2D eigenvalue weighted by atomic mass is 10.2. The van der Waals surface area contributed by atoms with Crippen LogP contribution in [0.4, 0.5) is 4.39 Å². The Morgan fingerprint density at radius 2 is 2.22 bits per heavy atom. The summed E-state index contributed by atoms with van der Waals surface area (Å²) in [4.78, 5) is 10.3. The molecule has 0 spiro atoms. The number of rotatable bonds is 3. The number of benzene rings is 1. The molecular weight excluding hydrogens is 263 g/mol. The summed E-state index contributed by atoms with van der Waals surface area (Å²) in [5.74, 6) is -1.73. The third-order valence-electron chi connectivity index (χ3n) is 1.99. The van der Waals surface area contributed by atoms with E-state index in [0.29, 0.717) is 0 Å². The van der Waals surface area contributed by atoms with E-state index in [-0.39, 0.29) is 22.4 Å². The minimum atomic E-state index is -1.14. The van der Waals surface area contributed by atoms with Gasteiger partial charge < -0.3 is 9.52 Å². The topological polar surface area (TPSA) is 76.2 Å². The molecule has 0 aliphatic heterocycles. The Bertz CT molecular complexity index is 625. The molecule has 7 heteroatoms. The Morgan fingerprint density at radius 3 is 2.94 bits per heavy atom. The minimum Gasteiger partial charge on any atom is -0.478 e. The fourth-order valence-corrected chi connectivity index (χ4v) is 1.43. The quantitative estimate of drug-likeness (QED) is 0.866. The van der Waals surface area contributed by atoms with Gasteiger partial charge in [-0.15, -0.1) is 10.2 Å². The Morgan fingerprint density at radius 1 is 1.44 bits per heavy atom. The van der Waals surface area contributed by atoms with Crippen molar-refractivity contribution >= 4 is 23.6 Å². The van der Waals surface area contributed by atoms with E-state index in [1.165, 1.54) is 18.2 Å². The van der Waals surface area contributed by atoms with Crippen molar-refractivity contribution < 1.29 is 18.7 Å². The average Bonchev–Trinajstić information content (AvgIpc) is 2.78. The van der Waals surface area contributed by atoms with Crippen molar-refractivity contribution in [2.75, 3.05) is 0 Å². The van der Waals surface area contributed by atoms with Gasteiger partial charge in [-0.25, -0.2) is 9.18 Å². The number of carboxylic acids is 1. The molecule has 0 fully saturated rings. The number of carbonyl (C=O) groups is 1. The molecule has 92 valence electrons. The van der Waals surface area contributed by atoms with Crippen molar-refractivity contribution in [3.05, 3.63) is 41.0 Å². The number of aliphatic carboxylic acids is 1. The second-order valence-corrected chi connectivity index (χ2v) is 3.60. The molecule has 0 bridgehead atoms. The normalized spacial score (nSPS) is 11.0. The van der Waals surface area contributed by atoms with Crippen molar-refractivity contribution in [3.8, 4) is 11.5 Å². The van der Waals surface area contributed by atoms with Crippen molar-refractivity contribution in [2.24, 2.45) is 0 Å². The molecule has 0 atom stereocenters. The predicted octanol–water partition coefficient (Wildman–Crippen LogP) is 2.63. The minimum absolute atomic E-state index is 0.00673. The largest absolute Gasteiger partial charge is 0.478 e. The number of hydrogen-bond donors (Lipinski definition) is 1. The van der Waals surface area contributed by atoms with Crippen molar-refractivity contribution in [2.45, 2.75) is 0 Å². The third kappa shape index (κ3) is 2.54. The summed E-state index contributed by atoms with van der Waals surface area (Å²) in [6.07, 6.45) is 1.98. The number of nitrogens with zero attached hydrogens (tertiary/aromatic N) is 2. The first-order valence-electron chi connectivity index (χ1n) is 4.77. The van der Waals surface area contributed by atoms with Gasteiger partial charge in [0.05, 0.1) is 10.6 Å². The van der Waals surface area contributed by atoms with Gasteiger partial charge in [-0.3, -0.25) is 0 Å². The molecule has 0 amide bonds. The Balaban J connectivity index is 2.35. The Hall–Kier alpha value is -2.21. The molecule has 0 saturated carbocycles. The zero-order valence-electron chi connectivity index (χ0n) is 8.80. The van der Waals surface area contributed by atoms with E-state index in [4.69, 9.17) is 21.1 Å². The zero-order valence-corrected chi connectivity index (χ0v) is 9.56. The third-order valence-corrected chi connectivity index (χ3v) is 2.38. The SMILES string of the molecule is O=C(O)/C=C/c1nnc(-c2cccc(F)c2Cl)o1. The lowest BCUT2D eigenvalue weighted by Gasteiger charge is -1.98. The second-order valence-electron chi connectivity index (χ2n) is 3.22. The molecule has 1 aromatic carbocycles. The van der Waals surface area contributed by atoms with Crippen LogP contribution in [0.25, 0.3) is 17.5 Å². The standard InChI is InChI=1S/C11H6ClFN2O3/c12-10-6(2-1-3-7(10)13)11-15-14-8(18-11)4-5-9(16)17/h1-5H,(H,16,17)/b5-4+. The van der Waals surface area contributed by atoms with Crippen LogP contribution in [-0.4, -0.2) is 21.3 Å². The fourth-order valence-electron chi connectivity index (χ4n) is 1.22. The van der Waals surface area contributed by atoms with E-state index < -0.39 is 11.8 Å². The van der Waals surface area contributed by atoms with E-state index in [1.807, 2.05) is 0 Å². The summed E-state index contributed by atoms with van der Waals surface area (Å²) in [5.41, 5.74) is 0.249. The first-order chi connectivity index (χ1) is 8.58. The summed E-state index contributed by atoms with van der Waals surface area (Å²) in [5, 5.41) is 15.5. The van der Waals surface area contributed by atoms with Crippen LogP contribution in [0.1, 0.15) is 5.89 Å².